The topological polar surface area (TPSA) is 91.3 Å². The number of methoxy groups -OCH3 is 2. The average molecular weight is 503 g/mol. The number of carbonyl (C=O) groups excluding carboxylic acids is 2. The minimum atomic E-state index is -0.318. The van der Waals surface area contributed by atoms with Gasteiger partial charge in [-0.3, -0.25) is 0 Å². The number of benzene rings is 2. The van der Waals surface area contributed by atoms with E-state index in [1.165, 1.54) is 32.6 Å². The van der Waals surface area contributed by atoms with Crippen molar-refractivity contribution in [1.29, 1.82) is 0 Å². The summed E-state index contributed by atoms with van der Waals surface area (Å²) in [4.78, 5) is 22.5. The lowest BCUT2D eigenvalue weighted by atomic mass is 10.1. The Morgan fingerprint density at radius 2 is 1.06 bits per heavy atom. The van der Waals surface area contributed by atoms with Gasteiger partial charge < -0.3 is 24.1 Å². The fourth-order valence-corrected chi connectivity index (χ4v) is 3.20. The number of hydrogen-bond acceptors (Lipinski definition) is 7. The van der Waals surface area contributed by atoms with E-state index >= 15 is 0 Å². The van der Waals surface area contributed by atoms with Crippen molar-refractivity contribution in [3.63, 3.8) is 0 Å². The summed E-state index contributed by atoms with van der Waals surface area (Å²) < 4.78 is 20.3. The van der Waals surface area contributed by atoms with Crippen molar-refractivity contribution in [3.05, 3.63) is 70.8 Å². The van der Waals surface area contributed by atoms with Crippen molar-refractivity contribution in [2.75, 3.05) is 47.3 Å². The molecule has 0 saturated carbocycles. The van der Waals surface area contributed by atoms with Crippen LogP contribution in [0, 0.1) is 0 Å². The SMILES string of the molecule is CCCCCOCCc1ccc(C(=O)OC)cc1.COC(=O)c1ccc(CCOCCCCO)cc1. The standard InChI is InChI=1S/C15H22O3.C14H20O4/c1-3-4-5-11-18-12-10-13-6-8-14(9-7-13)15(16)17-2;1-17-14(16)13-6-4-12(5-7-13)8-11-18-10-3-2-9-15/h6-9H,3-5,10-12H2,1-2H3;4-7,15H,2-3,8-11H2,1H3. The summed E-state index contributed by atoms with van der Waals surface area (Å²) in [6.07, 6.45) is 6.96. The Bertz CT molecular complexity index is 760. The maximum absolute atomic E-state index is 11.2. The molecule has 0 atom stereocenters. The molecule has 0 unspecified atom stereocenters. The number of aliphatic hydroxyl groups excluding tert-OH is 1. The fourth-order valence-electron chi connectivity index (χ4n) is 3.20. The molecule has 0 aliphatic heterocycles. The lowest BCUT2D eigenvalue weighted by Crippen LogP contribution is -2.03. The van der Waals surface area contributed by atoms with Gasteiger partial charge in [-0.15, -0.1) is 0 Å². The normalized spacial score (nSPS) is 10.3. The first-order chi connectivity index (χ1) is 17.5. The molecule has 0 saturated heterocycles. The van der Waals surface area contributed by atoms with Gasteiger partial charge in [-0.2, -0.15) is 0 Å². The Labute approximate surface area is 215 Å². The van der Waals surface area contributed by atoms with E-state index in [9.17, 15) is 9.59 Å². The van der Waals surface area contributed by atoms with Crippen LogP contribution in [0.25, 0.3) is 0 Å². The van der Waals surface area contributed by atoms with Crippen molar-refractivity contribution < 1.29 is 33.6 Å². The minimum Gasteiger partial charge on any atom is -0.465 e. The molecule has 1 N–H and O–H groups in total. The highest BCUT2D eigenvalue weighted by Crippen LogP contribution is 2.08. The zero-order chi connectivity index (χ0) is 26.4. The quantitative estimate of drug-likeness (QED) is 0.254. The molecule has 0 aliphatic carbocycles. The summed E-state index contributed by atoms with van der Waals surface area (Å²) in [7, 11) is 2.76. The van der Waals surface area contributed by atoms with Gasteiger partial charge >= 0.3 is 11.9 Å². The Morgan fingerprint density at radius 3 is 1.42 bits per heavy atom. The zero-order valence-corrected chi connectivity index (χ0v) is 22.0. The molecule has 7 nitrogen and oxygen atoms in total. The van der Waals surface area contributed by atoms with Gasteiger partial charge in [0.05, 0.1) is 38.6 Å². The third-order valence-corrected chi connectivity index (χ3v) is 5.41. The maximum Gasteiger partial charge on any atom is 0.337 e. The molecule has 2 aromatic rings. The van der Waals surface area contributed by atoms with Gasteiger partial charge in [-0.1, -0.05) is 44.0 Å². The second-order valence-corrected chi connectivity index (χ2v) is 8.24. The lowest BCUT2D eigenvalue weighted by Gasteiger charge is -2.05. The highest BCUT2D eigenvalue weighted by molar-refractivity contribution is 5.89. The minimum absolute atomic E-state index is 0.221. The van der Waals surface area contributed by atoms with Crippen LogP contribution in [0.4, 0.5) is 0 Å². The van der Waals surface area contributed by atoms with E-state index in [0.29, 0.717) is 24.3 Å². The molecule has 0 amide bonds. The number of unbranched alkanes of at least 4 members (excludes halogenated alkanes) is 3. The van der Waals surface area contributed by atoms with Crippen LogP contribution in [-0.2, 0) is 31.8 Å². The van der Waals surface area contributed by atoms with Gasteiger partial charge in [-0.25, -0.2) is 9.59 Å². The van der Waals surface area contributed by atoms with Gasteiger partial charge in [0.25, 0.3) is 0 Å². The number of ether oxygens (including phenoxy) is 4. The van der Waals surface area contributed by atoms with Crippen molar-refractivity contribution in [2.45, 2.75) is 51.9 Å². The Morgan fingerprint density at radius 1 is 0.639 bits per heavy atom. The van der Waals surface area contributed by atoms with E-state index in [1.54, 1.807) is 24.3 Å². The van der Waals surface area contributed by atoms with Crippen LogP contribution < -0.4 is 0 Å². The number of hydrogen-bond donors (Lipinski definition) is 1. The predicted molar refractivity (Wildman–Crippen MR) is 140 cm³/mol. The van der Waals surface area contributed by atoms with Crippen LogP contribution in [0.15, 0.2) is 48.5 Å². The molecule has 200 valence electrons. The van der Waals surface area contributed by atoms with Crippen molar-refractivity contribution in [1.82, 2.24) is 0 Å². The molecule has 0 heterocycles. The molecular formula is C29H42O7. The summed E-state index contributed by atoms with van der Waals surface area (Å²) in [5.41, 5.74) is 3.46. The van der Waals surface area contributed by atoms with E-state index in [4.69, 9.17) is 14.6 Å². The van der Waals surface area contributed by atoms with Gasteiger partial charge in [0.15, 0.2) is 0 Å². The molecule has 0 spiro atoms. The fraction of sp³-hybridized carbons (Fsp3) is 0.517. The van der Waals surface area contributed by atoms with Crippen LogP contribution in [-0.4, -0.2) is 64.3 Å². The number of esters is 2. The molecule has 0 bridgehead atoms. The van der Waals surface area contributed by atoms with E-state index in [2.05, 4.69) is 16.4 Å². The van der Waals surface area contributed by atoms with Crippen molar-refractivity contribution in [2.24, 2.45) is 0 Å². The third-order valence-electron chi connectivity index (χ3n) is 5.41. The van der Waals surface area contributed by atoms with Crippen LogP contribution in [0.2, 0.25) is 0 Å². The predicted octanol–water partition coefficient (Wildman–Crippen LogP) is 5.03. The van der Waals surface area contributed by atoms with Crippen molar-refractivity contribution >= 4 is 11.9 Å². The van der Waals surface area contributed by atoms with E-state index in [0.717, 1.165) is 50.9 Å². The molecule has 0 fully saturated rings. The van der Waals surface area contributed by atoms with Crippen LogP contribution in [0.3, 0.4) is 0 Å². The largest absolute Gasteiger partial charge is 0.465 e. The molecule has 36 heavy (non-hydrogen) atoms. The zero-order valence-electron chi connectivity index (χ0n) is 22.0. The van der Waals surface area contributed by atoms with Crippen molar-refractivity contribution in [3.8, 4) is 0 Å². The molecule has 2 rings (SSSR count). The summed E-state index contributed by atoms with van der Waals surface area (Å²) in [6.45, 7) is 5.32. The van der Waals surface area contributed by atoms with Crippen LogP contribution >= 0.6 is 0 Å². The summed E-state index contributed by atoms with van der Waals surface area (Å²) >= 11 is 0. The summed E-state index contributed by atoms with van der Waals surface area (Å²) in [5.74, 6) is -0.612. The van der Waals surface area contributed by atoms with Gasteiger partial charge in [0, 0.05) is 19.8 Å². The Kier molecular flexibility index (Phi) is 17.8. The molecule has 7 heteroatoms. The molecule has 2 aromatic carbocycles. The van der Waals surface area contributed by atoms with Crippen LogP contribution in [0.5, 0.6) is 0 Å². The number of rotatable bonds is 16. The third kappa shape index (κ3) is 14.0. The molecular weight excluding hydrogens is 460 g/mol. The Hall–Kier alpha value is -2.74. The van der Waals surface area contributed by atoms with Gasteiger partial charge in [-0.05, 0) is 67.5 Å². The first-order valence-electron chi connectivity index (χ1n) is 12.7. The number of aliphatic hydroxyl groups is 1. The Balaban J connectivity index is 0.000000360. The highest BCUT2D eigenvalue weighted by atomic mass is 16.5. The summed E-state index contributed by atoms with van der Waals surface area (Å²) in [5, 5.41) is 8.60. The second-order valence-electron chi connectivity index (χ2n) is 8.24. The first kappa shape index (κ1) is 31.3. The lowest BCUT2D eigenvalue weighted by molar-refractivity contribution is 0.0592. The van der Waals surface area contributed by atoms with E-state index in [1.807, 2.05) is 24.3 Å². The maximum atomic E-state index is 11.2. The van der Waals surface area contributed by atoms with Crippen LogP contribution in [0.1, 0.15) is 70.9 Å². The monoisotopic (exact) mass is 502 g/mol. The molecule has 0 aromatic heterocycles. The second kappa shape index (κ2) is 20.5. The first-order valence-corrected chi connectivity index (χ1v) is 12.7. The average Bonchev–Trinajstić information content (AvgIpc) is 2.92. The summed E-state index contributed by atoms with van der Waals surface area (Å²) in [6, 6.07) is 14.8. The smallest absolute Gasteiger partial charge is 0.337 e. The highest BCUT2D eigenvalue weighted by Gasteiger charge is 2.05. The van der Waals surface area contributed by atoms with Gasteiger partial charge in [0.1, 0.15) is 0 Å². The molecule has 0 radical (unpaired) electrons. The molecule has 0 aliphatic rings. The van der Waals surface area contributed by atoms with E-state index < -0.39 is 0 Å². The van der Waals surface area contributed by atoms with Gasteiger partial charge in [0.2, 0.25) is 0 Å². The van der Waals surface area contributed by atoms with E-state index in [-0.39, 0.29) is 18.5 Å². The number of carbonyl (C=O) groups is 2.